The molecule has 0 saturated heterocycles. The Labute approximate surface area is 82.5 Å². The van der Waals surface area contributed by atoms with E-state index in [9.17, 15) is 0 Å². The monoisotopic (exact) mass is 185 g/mol. The number of nitrogens with one attached hydrogen (secondary N) is 1. The van der Waals surface area contributed by atoms with E-state index in [1.165, 1.54) is 0 Å². The van der Waals surface area contributed by atoms with Crippen LogP contribution in [0.25, 0.3) is 5.69 Å². The molecule has 0 saturated carbocycles. The molecule has 0 aliphatic carbocycles. The van der Waals surface area contributed by atoms with Crippen molar-refractivity contribution in [3.63, 3.8) is 0 Å². The fourth-order valence-corrected chi connectivity index (χ4v) is 1.30. The molecule has 1 aromatic carbocycles. The van der Waals surface area contributed by atoms with Gasteiger partial charge in [-0.1, -0.05) is 12.1 Å². The average molecular weight is 185 g/mol. The fraction of sp³-hybridized carbons (Fsp3) is 0.0909. The summed E-state index contributed by atoms with van der Waals surface area (Å²) in [5, 5.41) is 7.46. The van der Waals surface area contributed by atoms with Crippen LogP contribution in [0.1, 0.15) is 12.5 Å². The van der Waals surface area contributed by atoms with Crippen molar-refractivity contribution in [2.75, 3.05) is 0 Å². The summed E-state index contributed by atoms with van der Waals surface area (Å²) < 4.78 is 1.93. The maximum absolute atomic E-state index is 7.46. The molecule has 0 unspecified atom stereocenters. The van der Waals surface area contributed by atoms with Gasteiger partial charge in [-0.05, 0) is 24.6 Å². The van der Waals surface area contributed by atoms with Gasteiger partial charge in [-0.15, -0.1) is 0 Å². The topological polar surface area (TPSA) is 41.7 Å². The third-order valence-electron chi connectivity index (χ3n) is 2.10. The van der Waals surface area contributed by atoms with Crippen LogP contribution in [0.4, 0.5) is 0 Å². The Balaban J connectivity index is 2.36. The Morgan fingerprint density at radius 1 is 1.29 bits per heavy atom. The molecule has 70 valence electrons. The molecule has 0 amide bonds. The van der Waals surface area contributed by atoms with E-state index in [0.717, 1.165) is 11.3 Å². The fourth-order valence-electron chi connectivity index (χ4n) is 1.30. The van der Waals surface area contributed by atoms with Crippen LogP contribution >= 0.6 is 0 Å². The number of hydrogen-bond donors (Lipinski definition) is 1. The van der Waals surface area contributed by atoms with Crippen LogP contribution in [0.2, 0.25) is 0 Å². The lowest BCUT2D eigenvalue weighted by Crippen LogP contribution is -1.94. The summed E-state index contributed by atoms with van der Waals surface area (Å²) in [6.45, 7) is 1.78. The summed E-state index contributed by atoms with van der Waals surface area (Å²) in [6, 6.07) is 7.85. The average Bonchev–Trinajstić information content (AvgIpc) is 2.71. The number of rotatable bonds is 2. The smallest absolute Gasteiger partial charge is 0.0991 e. The molecule has 0 radical (unpaired) electrons. The molecule has 14 heavy (non-hydrogen) atoms. The molecule has 3 heteroatoms. The largest absolute Gasteiger partial charge is 0.306 e. The third kappa shape index (κ3) is 1.57. The van der Waals surface area contributed by atoms with Crippen LogP contribution < -0.4 is 0 Å². The Morgan fingerprint density at radius 2 is 2.00 bits per heavy atom. The Kier molecular flexibility index (Phi) is 2.14. The van der Waals surface area contributed by atoms with Crippen LogP contribution in [0, 0.1) is 5.41 Å². The van der Waals surface area contributed by atoms with E-state index < -0.39 is 0 Å². The van der Waals surface area contributed by atoms with Gasteiger partial charge in [0, 0.05) is 23.8 Å². The van der Waals surface area contributed by atoms with Gasteiger partial charge in [0.25, 0.3) is 0 Å². The van der Waals surface area contributed by atoms with Crippen molar-refractivity contribution in [1.29, 1.82) is 5.41 Å². The predicted octanol–water partition coefficient (Wildman–Crippen LogP) is 2.26. The van der Waals surface area contributed by atoms with Crippen LogP contribution in [-0.4, -0.2) is 15.3 Å². The lowest BCUT2D eigenvalue weighted by Gasteiger charge is -2.03. The molecule has 2 aromatic rings. The number of hydrogen-bond acceptors (Lipinski definition) is 2. The van der Waals surface area contributed by atoms with Crippen LogP contribution in [-0.2, 0) is 0 Å². The zero-order valence-electron chi connectivity index (χ0n) is 7.94. The minimum absolute atomic E-state index is 0.585. The highest BCUT2D eigenvalue weighted by molar-refractivity contribution is 5.96. The van der Waals surface area contributed by atoms with E-state index >= 15 is 0 Å². The van der Waals surface area contributed by atoms with Crippen molar-refractivity contribution < 1.29 is 0 Å². The molecule has 0 aliphatic rings. The second-order valence-electron chi connectivity index (χ2n) is 3.14. The minimum Gasteiger partial charge on any atom is -0.306 e. The molecule has 3 nitrogen and oxygen atoms in total. The van der Waals surface area contributed by atoms with Gasteiger partial charge in [0.15, 0.2) is 0 Å². The zero-order chi connectivity index (χ0) is 9.97. The first-order valence-corrected chi connectivity index (χ1v) is 4.41. The maximum Gasteiger partial charge on any atom is 0.0991 e. The van der Waals surface area contributed by atoms with Gasteiger partial charge < -0.3 is 9.98 Å². The molecule has 2 rings (SSSR count). The van der Waals surface area contributed by atoms with E-state index in [1.807, 2.05) is 35.0 Å². The van der Waals surface area contributed by atoms with Crippen molar-refractivity contribution >= 4 is 5.71 Å². The molecular weight excluding hydrogens is 174 g/mol. The highest BCUT2D eigenvalue weighted by Crippen LogP contribution is 2.09. The standard InChI is InChI=1S/C11H11N3/c1-9(12)10-2-4-11(5-3-10)14-7-6-13-8-14/h2-8,12H,1H3. The second-order valence-corrected chi connectivity index (χ2v) is 3.14. The molecule has 1 heterocycles. The molecule has 1 N–H and O–H groups in total. The quantitative estimate of drug-likeness (QED) is 0.716. The van der Waals surface area contributed by atoms with E-state index in [-0.39, 0.29) is 0 Å². The van der Waals surface area contributed by atoms with Crippen molar-refractivity contribution in [2.45, 2.75) is 6.92 Å². The minimum atomic E-state index is 0.585. The molecule has 0 aliphatic heterocycles. The van der Waals surface area contributed by atoms with Gasteiger partial charge in [-0.2, -0.15) is 0 Å². The summed E-state index contributed by atoms with van der Waals surface area (Å²) in [7, 11) is 0. The molecular formula is C11H11N3. The van der Waals surface area contributed by atoms with Crippen molar-refractivity contribution in [3.05, 3.63) is 48.5 Å². The van der Waals surface area contributed by atoms with Gasteiger partial charge >= 0.3 is 0 Å². The summed E-state index contributed by atoms with van der Waals surface area (Å²) >= 11 is 0. The summed E-state index contributed by atoms with van der Waals surface area (Å²) in [4.78, 5) is 3.98. The Morgan fingerprint density at radius 3 is 2.50 bits per heavy atom. The second kappa shape index (κ2) is 3.46. The summed E-state index contributed by atoms with van der Waals surface area (Å²) in [5.41, 5.74) is 2.60. The normalized spacial score (nSPS) is 10.1. The predicted molar refractivity (Wildman–Crippen MR) is 56.1 cm³/mol. The van der Waals surface area contributed by atoms with Gasteiger partial charge in [0.1, 0.15) is 0 Å². The third-order valence-corrected chi connectivity index (χ3v) is 2.10. The molecule has 1 aromatic heterocycles. The number of aromatic nitrogens is 2. The maximum atomic E-state index is 7.46. The van der Waals surface area contributed by atoms with Crippen molar-refractivity contribution in [2.24, 2.45) is 0 Å². The first-order valence-electron chi connectivity index (χ1n) is 4.41. The van der Waals surface area contributed by atoms with Crippen LogP contribution in [0.5, 0.6) is 0 Å². The van der Waals surface area contributed by atoms with E-state index in [4.69, 9.17) is 5.41 Å². The lowest BCUT2D eigenvalue weighted by molar-refractivity contribution is 1.06. The van der Waals surface area contributed by atoms with Crippen LogP contribution in [0.3, 0.4) is 0 Å². The molecule has 0 spiro atoms. The molecule has 0 fully saturated rings. The zero-order valence-corrected chi connectivity index (χ0v) is 7.94. The highest BCUT2D eigenvalue weighted by atomic mass is 15.0. The van der Waals surface area contributed by atoms with Gasteiger partial charge in [0.2, 0.25) is 0 Å². The van der Waals surface area contributed by atoms with Gasteiger partial charge in [0.05, 0.1) is 6.33 Å². The van der Waals surface area contributed by atoms with E-state index in [1.54, 1.807) is 19.4 Å². The number of imidazole rings is 1. The van der Waals surface area contributed by atoms with Crippen molar-refractivity contribution in [1.82, 2.24) is 9.55 Å². The van der Waals surface area contributed by atoms with Crippen molar-refractivity contribution in [3.8, 4) is 5.69 Å². The lowest BCUT2D eigenvalue weighted by atomic mass is 10.1. The first kappa shape index (κ1) is 8.69. The Bertz CT molecular complexity index is 426. The summed E-state index contributed by atoms with van der Waals surface area (Å²) in [5.74, 6) is 0. The van der Waals surface area contributed by atoms with E-state index in [0.29, 0.717) is 5.71 Å². The van der Waals surface area contributed by atoms with E-state index in [2.05, 4.69) is 4.98 Å². The number of nitrogens with zero attached hydrogens (tertiary/aromatic N) is 2. The van der Waals surface area contributed by atoms with Crippen LogP contribution in [0.15, 0.2) is 43.0 Å². The Hall–Kier alpha value is -1.90. The number of benzene rings is 1. The summed E-state index contributed by atoms with van der Waals surface area (Å²) in [6.07, 6.45) is 5.40. The van der Waals surface area contributed by atoms with Gasteiger partial charge in [-0.25, -0.2) is 4.98 Å². The van der Waals surface area contributed by atoms with Gasteiger partial charge in [-0.3, -0.25) is 0 Å². The highest BCUT2D eigenvalue weighted by Gasteiger charge is 1.97. The first-order chi connectivity index (χ1) is 6.77. The molecule has 0 atom stereocenters. The molecule has 0 bridgehead atoms. The SMILES string of the molecule is CC(=N)c1ccc(-n2ccnc2)cc1.